The molecule has 1 aliphatic rings. The lowest BCUT2D eigenvalue weighted by molar-refractivity contribution is 0.0857. The van der Waals surface area contributed by atoms with Gasteiger partial charge in [0, 0.05) is 26.2 Å². The van der Waals surface area contributed by atoms with Crippen LogP contribution < -0.4 is 4.74 Å². The molecule has 4 heteroatoms. The first-order valence-corrected chi connectivity index (χ1v) is 8.85. The number of hydrogen-bond acceptors (Lipinski definition) is 4. The molecule has 1 saturated heterocycles. The summed E-state index contributed by atoms with van der Waals surface area (Å²) in [6, 6.07) is 12.0. The summed E-state index contributed by atoms with van der Waals surface area (Å²) in [5, 5.41) is 2.07. The summed E-state index contributed by atoms with van der Waals surface area (Å²) >= 11 is 0. The number of nitrogens with zero attached hydrogens (tertiary/aromatic N) is 2. The Labute approximate surface area is 144 Å². The van der Waals surface area contributed by atoms with Crippen LogP contribution in [0.5, 0.6) is 5.75 Å². The molecule has 1 aliphatic heterocycles. The number of fused-ring (bicyclic) bond motifs is 1. The van der Waals surface area contributed by atoms with Crippen LogP contribution in [0, 0.1) is 0 Å². The standard InChI is InChI=1S/C20H26N2O2/c1-3-21-11-13-22(14-12-21)15-18(23)20-17-8-6-5-7-16(17)9-10-19(20)24-4-2/h5-10H,3-4,11-15H2,1-2H3. The predicted molar refractivity (Wildman–Crippen MR) is 98.0 cm³/mol. The summed E-state index contributed by atoms with van der Waals surface area (Å²) in [6.45, 7) is 10.2. The van der Waals surface area contributed by atoms with Gasteiger partial charge >= 0.3 is 0 Å². The number of ether oxygens (including phenoxy) is 1. The fraction of sp³-hybridized carbons (Fsp3) is 0.450. The molecule has 0 unspecified atom stereocenters. The first kappa shape index (κ1) is 16.9. The Morgan fingerprint density at radius 1 is 1.00 bits per heavy atom. The number of hydrogen-bond donors (Lipinski definition) is 0. The van der Waals surface area contributed by atoms with Crippen LogP contribution in [0.3, 0.4) is 0 Å². The van der Waals surface area contributed by atoms with Crippen LogP contribution in [0.2, 0.25) is 0 Å². The number of Topliss-reactive ketones (excluding diaryl/α,β-unsaturated/α-hetero) is 1. The van der Waals surface area contributed by atoms with Crippen LogP contribution in [0.1, 0.15) is 24.2 Å². The smallest absolute Gasteiger partial charge is 0.181 e. The summed E-state index contributed by atoms with van der Waals surface area (Å²) in [6.07, 6.45) is 0. The van der Waals surface area contributed by atoms with E-state index in [0.29, 0.717) is 18.9 Å². The van der Waals surface area contributed by atoms with Crippen LogP contribution in [-0.2, 0) is 0 Å². The number of ketones is 1. The van der Waals surface area contributed by atoms with Crippen molar-refractivity contribution in [3.63, 3.8) is 0 Å². The van der Waals surface area contributed by atoms with E-state index in [1.165, 1.54) is 0 Å². The minimum Gasteiger partial charge on any atom is -0.493 e. The lowest BCUT2D eigenvalue weighted by Crippen LogP contribution is -2.47. The van der Waals surface area contributed by atoms with Gasteiger partial charge in [-0.2, -0.15) is 0 Å². The SMILES string of the molecule is CCOc1ccc2ccccc2c1C(=O)CN1CCN(CC)CC1. The maximum atomic E-state index is 13.0. The van der Waals surface area contributed by atoms with Crippen molar-refractivity contribution in [3.05, 3.63) is 42.0 Å². The minimum atomic E-state index is 0.153. The van der Waals surface area contributed by atoms with Crippen molar-refractivity contribution in [2.24, 2.45) is 0 Å². The molecule has 0 aromatic heterocycles. The quantitative estimate of drug-likeness (QED) is 0.764. The van der Waals surface area contributed by atoms with E-state index in [9.17, 15) is 4.79 Å². The van der Waals surface area contributed by atoms with Gasteiger partial charge in [0.15, 0.2) is 5.78 Å². The van der Waals surface area contributed by atoms with Crippen LogP contribution >= 0.6 is 0 Å². The lowest BCUT2D eigenvalue weighted by atomic mass is 9.99. The highest BCUT2D eigenvalue weighted by Crippen LogP contribution is 2.29. The van der Waals surface area contributed by atoms with Crippen LogP contribution in [0.15, 0.2) is 36.4 Å². The molecule has 0 spiro atoms. The highest BCUT2D eigenvalue weighted by molar-refractivity contribution is 6.11. The topological polar surface area (TPSA) is 32.8 Å². The molecular formula is C20H26N2O2. The molecule has 0 aliphatic carbocycles. The fourth-order valence-corrected chi connectivity index (χ4v) is 3.36. The van der Waals surface area contributed by atoms with Gasteiger partial charge in [0.05, 0.1) is 18.7 Å². The molecule has 2 aromatic rings. The molecule has 24 heavy (non-hydrogen) atoms. The van der Waals surface area contributed by atoms with Gasteiger partial charge in [-0.1, -0.05) is 37.3 Å². The molecule has 2 aromatic carbocycles. The zero-order valence-electron chi connectivity index (χ0n) is 14.6. The zero-order chi connectivity index (χ0) is 16.9. The third-order valence-corrected chi connectivity index (χ3v) is 4.75. The van der Waals surface area contributed by atoms with Crippen molar-refractivity contribution in [1.29, 1.82) is 0 Å². The van der Waals surface area contributed by atoms with Crippen molar-refractivity contribution < 1.29 is 9.53 Å². The summed E-state index contributed by atoms with van der Waals surface area (Å²) in [5.74, 6) is 0.855. The third kappa shape index (κ3) is 3.60. The van der Waals surface area contributed by atoms with E-state index in [0.717, 1.165) is 49.1 Å². The normalized spacial score (nSPS) is 16.4. The number of likely N-dealkylation sites (N-methyl/N-ethyl adjacent to an activating group) is 1. The van der Waals surface area contributed by atoms with Crippen molar-refractivity contribution in [2.45, 2.75) is 13.8 Å². The third-order valence-electron chi connectivity index (χ3n) is 4.75. The Morgan fingerprint density at radius 3 is 2.42 bits per heavy atom. The Balaban J connectivity index is 1.84. The molecule has 0 N–H and O–H groups in total. The summed E-state index contributed by atoms with van der Waals surface area (Å²) < 4.78 is 5.74. The second-order valence-corrected chi connectivity index (χ2v) is 6.23. The second-order valence-electron chi connectivity index (χ2n) is 6.23. The van der Waals surface area contributed by atoms with Crippen LogP contribution in [-0.4, -0.2) is 61.5 Å². The Kier molecular flexibility index (Phi) is 5.48. The van der Waals surface area contributed by atoms with Gasteiger partial charge in [0.1, 0.15) is 5.75 Å². The Bertz CT molecular complexity index is 706. The molecule has 0 amide bonds. The van der Waals surface area contributed by atoms with Crippen molar-refractivity contribution >= 4 is 16.6 Å². The predicted octanol–water partition coefficient (Wildman–Crippen LogP) is 3.06. The van der Waals surface area contributed by atoms with E-state index >= 15 is 0 Å². The van der Waals surface area contributed by atoms with Crippen LogP contribution in [0.25, 0.3) is 10.8 Å². The van der Waals surface area contributed by atoms with Gasteiger partial charge in [0.2, 0.25) is 0 Å². The molecule has 0 radical (unpaired) electrons. The van der Waals surface area contributed by atoms with Crippen molar-refractivity contribution in [1.82, 2.24) is 9.80 Å². The number of rotatable bonds is 6. The lowest BCUT2D eigenvalue weighted by Gasteiger charge is -2.33. The second kappa shape index (κ2) is 7.77. The molecular weight excluding hydrogens is 300 g/mol. The van der Waals surface area contributed by atoms with Gasteiger partial charge in [-0.15, -0.1) is 0 Å². The van der Waals surface area contributed by atoms with E-state index in [1.807, 2.05) is 43.3 Å². The summed E-state index contributed by atoms with van der Waals surface area (Å²) in [5.41, 5.74) is 0.730. The number of carbonyl (C=O) groups is 1. The molecule has 0 saturated carbocycles. The minimum absolute atomic E-state index is 0.153. The van der Waals surface area contributed by atoms with Crippen LogP contribution in [0.4, 0.5) is 0 Å². The number of carbonyl (C=O) groups excluding carboxylic acids is 1. The van der Waals surface area contributed by atoms with E-state index in [1.54, 1.807) is 0 Å². The monoisotopic (exact) mass is 326 g/mol. The molecule has 0 bridgehead atoms. The average molecular weight is 326 g/mol. The highest BCUT2D eigenvalue weighted by atomic mass is 16.5. The summed E-state index contributed by atoms with van der Waals surface area (Å²) in [7, 11) is 0. The van der Waals surface area contributed by atoms with E-state index in [-0.39, 0.29) is 5.78 Å². The maximum Gasteiger partial charge on any atom is 0.181 e. The first-order chi connectivity index (χ1) is 11.7. The average Bonchev–Trinajstić information content (AvgIpc) is 2.62. The Hall–Kier alpha value is -1.91. The van der Waals surface area contributed by atoms with E-state index in [2.05, 4.69) is 16.7 Å². The number of benzene rings is 2. The van der Waals surface area contributed by atoms with Gasteiger partial charge in [-0.05, 0) is 30.3 Å². The molecule has 128 valence electrons. The van der Waals surface area contributed by atoms with Gasteiger partial charge < -0.3 is 9.64 Å². The van der Waals surface area contributed by atoms with E-state index in [4.69, 9.17) is 4.74 Å². The van der Waals surface area contributed by atoms with Crippen molar-refractivity contribution in [3.8, 4) is 5.75 Å². The maximum absolute atomic E-state index is 13.0. The molecule has 1 heterocycles. The molecule has 3 rings (SSSR count). The molecule has 4 nitrogen and oxygen atoms in total. The number of piperazine rings is 1. The highest BCUT2D eigenvalue weighted by Gasteiger charge is 2.22. The largest absolute Gasteiger partial charge is 0.493 e. The zero-order valence-corrected chi connectivity index (χ0v) is 14.6. The van der Waals surface area contributed by atoms with E-state index < -0.39 is 0 Å². The van der Waals surface area contributed by atoms with Gasteiger partial charge in [-0.3, -0.25) is 9.69 Å². The van der Waals surface area contributed by atoms with Gasteiger partial charge in [0.25, 0.3) is 0 Å². The summed E-state index contributed by atoms with van der Waals surface area (Å²) in [4.78, 5) is 17.7. The fourth-order valence-electron chi connectivity index (χ4n) is 3.36. The first-order valence-electron chi connectivity index (χ1n) is 8.85. The van der Waals surface area contributed by atoms with Crippen molar-refractivity contribution in [2.75, 3.05) is 45.9 Å². The van der Waals surface area contributed by atoms with Gasteiger partial charge in [-0.25, -0.2) is 0 Å². The molecule has 1 fully saturated rings. The molecule has 0 atom stereocenters. The Morgan fingerprint density at radius 2 is 1.71 bits per heavy atom.